The predicted molar refractivity (Wildman–Crippen MR) is 64.8 cm³/mol. The lowest BCUT2D eigenvalue weighted by atomic mass is 10.3. The van der Waals surface area contributed by atoms with Crippen LogP contribution >= 0.6 is 0 Å². The minimum atomic E-state index is -0.322. The second-order valence-electron chi connectivity index (χ2n) is 3.96. The van der Waals surface area contributed by atoms with E-state index in [1.165, 1.54) is 23.4 Å². The topological polar surface area (TPSA) is 56.0 Å². The van der Waals surface area contributed by atoms with E-state index in [0.29, 0.717) is 12.2 Å². The summed E-state index contributed by atoms with van der Waals surface area (Å²) < 4.78 is 2.47. The van der Waals surface area contributed by atoms with Crippen molar-refractivity contribution in [3.8, 4) is 0 Å². The molecule has 0 atom stereocenters. The van der Waals surface area contributed by atoms with Gasteiger partial charge in [-0.05, 0) is 13.8 Å². The molecule has 0 aromatic carbocycles. The van der Waals surface area contributed by atoms with E-state index in [-0.39, 0.29) is 11.2 Å². The monoisotopic (exact) mass is 223 g/mol. The highest BCUT2D eigenvalue weighted by Gasteiger charge is 2.04. The van der Waals surface area contributed by atoms with Gasteiger partial charge in [-0.1, -0.05) is 11.6 Å². The first-order chi connectivity index (χ1) is 7.43. The zero-order chi connectivity index (χ0) is 12.3. The van der Waals surface area contributed by atoms with Gasteiger partial charge >= 0.3 is 5.69 Å². The third-order valence-electron chi connectivity index (χ3n) is 2.25. The van der Waals surface area contributed by atoms with Crippen molar-refractivity contribution in [2.75, 3.05) is 11.9 Å². The van der Waals surface area contributed by atoms with Crippen molar-refractivity contribution in [2.24, 2.45) is 14.1 Å². The van der Waals surface area contributed by atoms with Crippen molar-refractivity contribution in [1.29, 1.82) is 0 Å². The minimum Gasteiger partial charge on any atom is -0.376 e. The summed E-state index contributed by atoms with van der Waals surface area (Å²) in [6, 6.07) is 0. The van der Waals surface area contributed by atoms with Gasteiger partial charge in [-0.25, -0.2) is 4.79 Å². The first-order valence-corrected chi connectivity index (χ1v) is 5.07. The van der Waals surface area contributed by atoms with Crippen molar-refractivity contribution >= 4 is 5.69 Å². The fourth-order valence-electron chi connectivity index (χ4n) is 1.29. The van der Waals surface area contributed by atoms with Crippen LogP contribution in [-0.2, 0) is 14.1 Å². The van der Waals surface area contributed by atoms with Crippen molar-refractivity contribution in [2.45, 2.75) is 13.8 Å². The maximum absolute atomic E-state index is 11.7. The molecule has 88 valence electrons. The second-order valence-corrected chi connectivity index (χ2v) is 3.96. The van der Waals surface area contributed by atoms with Crippen LogP contribution in [0.25, 0.3) is 0 Å². The molecule has 0 spiro atoms. The molecule has 5 heteroatoms. The Morgan fingerprint density at radius 3 is 2.56 bits per heavy atom. The summed E-state index contributed by atoms with van der Waals surface area (Å²) in [7, 11) is 3.09. The molecule has 5 nitrogen and oxygen atoms in total. The molecule has 0 unspecified atom stereocenters. The second kappa shape index (κ2) is 4.83. The van der Waals surface area contributed by atoms with E-state index in [0.717, 1.165) is 4.57 Å². The molecule has 0 aliphatic rings. The third kappa shape index (κ3) is 2.62. The predicted octanol–water partition coefficient (Wildman–Crippen LogP) is 0.462. The fourth-order valence-corrected chi connectivity index (χ4v) is 1.29. The van der Waals surface area contributed by atoms with Gasteiger partial charge < -0.3 is 9.88 Å². The summed E-state index contributed by atoms with van der Waals surface area (Å²) in [5.41, 5.74) is 0.985. The first kappa shape index (κ1) is 12.3. The van der Waals surface area contributed by atoms with E-state index in [2.05, 4.69) is 5.32 Å². The Bertz CT molecular complexity index is 519. The number of rotatable bonds is 3. The Morgan fingerprint density at radius 2 is 2.00 bits per heavy atom. The van der Waals surface area contributed by atoms with Crippen LogP contribution in [0.5, 0.6) is 0 Å². The number of anilines is 1. The molecule has 0 amide bonds. The Hall–Kier alpha value is -1.78. The van der Waals surface area contributed by atoms with Crippen LogP contribution in [0.1, 0.15) is 13.8 Å². The van der Waals surface area contributed by atoms with Crippen molar-refractivity contribution in [3.05, 3.63) is 38.7 Å². The van der Waals surface area contributed by atoms with Gasteiger partial charge in [0.25, 0.3) is 5.56 Å². The molecule has 16 heavy (non-hydrogen) atoms. The molecule has 0 radical (unpaired) electrons. The quantitative estimate of drug-likeness (QED) is 0.757. The van der Waals surface area contributed by atoms with Crippen LogP contribution < -0.4 is 16.6 Å². The molecule has 0 saturated heterocycles. The molecule has 0 bridgehead atoms. The van der Waals surface area contributed by atoms with E-state index in [1.54, 1.807) is 7.05 Å². The average Bonchev–Trinajstić information content (AvgIpc) is 2.22. The number of allylic oxidation sites excluding steroid dienone is 1. The lowest BCUT2D eigenvalue weighted by Crippen LogP contribution is -2.37. The molecule has 1 N–H and O–H groups in total. The summed E-state index contributed by atoms with van der Waals surface area (Å²) in [6.45, 7) is 4.55. The van der Waals surface area contributed by atoms with Gasteiger partial charge in [-0.3, -0.25) is 9.36 Å². The molecular formula is C11H17N3O2. The van der Waals surface area contributed by atoms with E-state index in [1.807, 2.05) is 19.9 Å². The molecule has 0 saturated carbocycles. The van der Waals surface area contributed by atoms with Crippen molar-refractivity contribution < 1.29 is 0 Å². The van der Waals surface area contributed by atoms with Crippen molar-refractivity contribution in [1.82, 2.24) is 9.13 Å². The van der Waals surface area contributed by atoms with Gasteiger partial charge in [0.05, 0.1) is 0 Å². The summed E-state index contributed by atoms with van der Waals surface area (Å²) in [4.78, 5) is 23.1. The van der Waals surface area contributed by atoms with Gasteiger partial charge in [0.15, 0.2) is 0 Å². The summed E-state index contributed by atoms with van der Waals surface area (Å²) in [6.07, 6.45) is 3.49. The Labute approximate surface area is 94.0 Å². The normalized spacial score (nSPS) is 10.0. The van der Waals surface area contributed by atoms with Gasteiger partial charge in [0.1, 0.15) is 5.69 Å². The summed E-state index contributed by atoms with van der Waals surface area (Å²) in [5.74, 6) is 0. The Morgan fingerprint density at radius 1 is 1.38 bits per heavy atom. The maximum Gasteiger partial charge on any atom is 0.330 e. The molecular weight excluding hydrogens is 206 g/mol. The van der Waals surface area contributed by atoms with Crippen LogP contribution in [-0.4, -0.2) is 15.7 Å². The summed E-state index contributed by atoms with van der Waals surface area (Å²) >= 11 is 0. The largest absolute Gasteiger partial charge is 0.376 e. The third-order valence-corrected chi connectivity index (χ3v) is 2.25. The zero-order valence-corrected chi connectivity index (χ0v) is 10.1. The smallest absolute Gasteiger partial charge is 0.330 e. The van der Waals surface area contributed by atoms with Gasteiger partial charge in [-0.15, -0.1) is 0 Å². The van der Waals surface area contributed by atoms with Crippen molar-refractivity contribution in [3.63, 3.8) is 0 Å². The minimum absolute atomic E-state index is 0.301. The SMILES string of the molecule is CC(C)=CCNc1cn(C)c(=O)n(C)c1=O. The standard InChI is InChI=1S/C11H17N3O2/c1-8(2)5-6-12-9-7-13(3)11(16)14(4)10(9)15/h5,7,12H,6H2,1-4H3. The lowest BCUT2D eigenvalue weighted by molar-refractivity contribution is 0.688. The van der Waals surface area contributed by atoms with Gasteiger partial charge in [-0.2, -0.15) is 0 Å². The molecule has 0 aliphatic carbocycles. The fraction of sp³-hybridized carbons (Fsp3) is 0.455. The highest BCUT2D eigenvalue weighted by atomic mass is 16.2. The van der Waals surface area contributed by atoms with Gasteiger partial charge in [0.2, 0.25) is 0 Å². The number of hydrogen-bond acceptors (Lipinski definition) is 3. The highest BCUT2D eigenvalue weighted by molar-refractivity contribution is 5.38. The van der Waals surface area contributed by atoms with Crippen LogP contribution in [0.15, 0.2) is 27.4 Å². The zero-order valence-electron chi connectivity index (χ0n) is 10.1. The number of aryl methyl sites for hydroxylation is 1. The van der Waals surface area contributed by atoms with E-state index < -0.39 is 0 Å². The number of hydrogen-bond donors (Lipinski definition) is 1. The molecule has 0 fully saturated rings. The Balaban J connectivity index is 3.03. The van der Waals surface area contributed by atoms with E-state index in [4.69, 9.17) is 0 Å². The van der Waals surface area contributed by atoms with Crippen LogP contribution in [0, 0.1) is 0 Å². The van der Waals surface area contributed by atoms with Crippen LogP contribution in [0.2, 0.25) is 0 Å². The molecule has 1 aromatic rings. The van der Waals surface area contributed by atoms with Crippen LogP contribution in [0.3, 0.4) is 0 Å². The molecule has 0 aliphatic heterocycles. The average molecular weight is 223 g/mol. The van der Waals surface area contributed by atoms with Crippen LogP contribution in [0.4, 0.5) is 5.69 Å². The summed E-state index contributed by atoms with van der Waals surface area (Å²) in [5, 5.41) is 2.98. The Kier molecular flexibility index (Phi) is 3.71. The lowest BCUT2D eigenvalue weighted by Gasteiger charge is -2.07. The first-order valence-electron chi connectivity index (χ1n) is 5.07. The molecule has 1 aromatic heterocycles. The highest BCUT2D eigenvalue weighted by Crippen LogP contribution is 1.95. The van der Waals surface area contributed by atoms with E-state index in [9.17, 15) is 9.59 Å². The van der Waals surface area contributed by atoms with E-state index >= 15 is 0 Å². The number of nitrogens with zero attached hydrogens (tertiary/aromatic N) is 2. The maximum atomic E-state index is 11.7. The molecule has 1 heterocycles. The molecule has 1 rings (SSSR count). The number of nitrogens with one attached hydrogen (secondary N) is 1. The van der Waals surface area contributed by atoms with Gasteiger partial charge in [0, 0.05) is 26.8 Å². The number of aromatic nitrogens is 2.